The summed E-state index contributed by atoms with van der Waals surface area (Å²) in [6, 6.07) is 2.59. The van der Waals surface area contributed by atoms with Crippen LogP contribution in [0.25, 0.3) is 0 Å². The van der Waals surface area contributed by atoms with Gasteiger partial charge in [0.1, 0.15) is 6.04 Å². The van der Waals surface area contributed by atoms with Gasteiger partial charge in [-0.05, 0) is 18.4 Å². The number of ether oxygens (including phenoxy) is 1. The number of cyclic esters (lactones) is 1. The molecule has 0 aliphatic carbocycles. The summed E-state index contributed by atoms with van der Waals surface area (Å²) in [6.45, 7) is 2.37. The lowest BCUT2D eigenvalue weighted by atomic mass is 10.0. The van der Waals surface area contributed by atoms with Gasteiger partial charge in [-0.15, -0.1) is 0 Å². The molecule has 0 N–H and O–H groups in total. The third-order valence-electron chi connectivity index (χ3n) is 4.48. The molecular formula is C15H15N3O7. The molecule has 1 amide bonds. The highest BCUT2D eigenvalue weighted by Crippen LogP contribution is 2.32. The number of esters is 1. The van der Waals surface area contributed by atoms with Crippen molar-refractivity contribution in [2.24, 2.45) is 5.92 Å². The molecule has 2 heterocycles. The second-order valence-corrected chi connectivity index (χ2v) is 6.30. The van der Waals surface area contributed by atoms with Crippen LogP contribution in [0.2, 0.25) is 0 Å². The Morgan fingerprint density at radius 3 is 2.60 bits per heavy atom. The van der Waals surface area contributed by atoms with Crippen molar-refractivity contribution >= 4 is 23.3 Å². The molecule has 0 aromatic heterocycles. The highest BCUT2D eigenvalue weighted by Gasteiger charge is 2.47. The number of fused-ring (bicyclic) bond motifs is 1. The van der Waals surface area contributed by atoms with Crippen LogP contribution >= 0.6 is 0 Å². The van der Waals surface area contributed by atoms with Crippen LogP contribution in [-0.2, 0) is 20.7 Å². The van der Waals surface area contributed by atoms with Crippen molar-refractivity contribution in [3.05, 3.63) is 44.0 Å². The maximum absolute atomic E-state index is 12.5. The van der Waals surface area contributed by atoms with E-state index in [1.165, 1.54) is 11.0 Å². The molecule has 1 aromatic carbocycles. The largest absolute Gasteiger partial charge is 0.450 e. The first kappa shape index (κ1) is 16.8. The fourth-order valence-electron chi connectivity index (χ4n) is 3.30. The first-order valence-electron chi connectivity index (χ1n) is 7.70. The lowest BCUT2D eigenvalue weighted by molar-refractivity contribution is -0.394. The number of nitro benzene ring substituents is 2. The Balaban J connectivity index is 1.87. The highest BCUT2D eigenvalue weighted by atomic mass is 16.6. The van der Waals surface area contributed by atoms with Crippen molar-refractivity contribution in [2.75, 3.05) is 6.54 Å². The van der Waals surface area contributed by atoms with Crippen LogP contribution in [0.1, 0.15) is 18.9 Å². The number of amides is 1. The summed E-state index contributed by atoms with van der Waals surface area (Å²) in [5.41, 5.74) is -0.793. The van der Waals surface area contributed by atoms with E-state index in [2.05, 4.69) is 0 Å². The van der Waals surface area contributed by atoms with E-state index in [0.29, 0.717) is 13.0 Å². The van der Waals surface area contributed by atoms with E-state index >= 15 is 0 Å². The van der Waals surface area contributed by atoms with Gasteiger partial charge in [0.2, 0.25) is 0 Å². The summed E-state index contributed by atoms with van der Waals surface area (Å²) in [7, 11) is 0. The molecule has 25 heavy (non-hydrogen) atoms. The van der Waals surface area contributed by atoms with Gasteiger partial charge in [0, 0.05) is 24.6 Å². The molecule has 2 fully saturated rings. The molecule has 132 valence electrons. The molecule has 3 unspecified atom stereocenters. The van der Waals surface area contributed by atoms with Crippen LogP contribution in [0.4, 0.5) is 11.4 Å². The third kappa shape index (κ3) is 3.02. The Kier molecular flexibility index (Phi) is 4.11. The molecule has 0 bridgehead atoms. The van der Waals surface area contributed by atoms with Gasteiger partial charge < -0.3 is 9.64 Å². The number of morpholine rings is 1. The number of carbonyl (C=O) groups excluding carboxylic acids is 2. The van der Waals surface area contributed by atoms with E-state index in [0.717, 1.165) is 12.1 Å². The Morgan fingerprint density at radius 2 is 1.96 bits per heavy atom. The van der Waals surface area contributed by atoms with Crippen molar-refractivity contribution < 1.29 is 24.2 Å². The number of carbonyl (C=O) groups is 2. The maximum Gasteiger partial charge on any atom is 0.329 e. The van der Waals surface area contributed by atoms with Crippen LogP contribution < -0.4 is 0 Å². The second kappa shape index (κ2) is 6.11. The van der Waals surface area contributed by atoms with Crippen molar-refractivity contribution in [1.82, 2.24) is 4.90 Å². The van der Waals surface area contributed by atoms with Crippen molar-refractivity contribution in [3.8, 4) is 0 Å². The van der Waals surface area contributed by atoms with Gasteiger partial charge in [-0.1, -0.05) is 6.92 Å². The first-order chi connectivity index (χ1) is 11.8. The molecule has 1 aromatic rings. The van der Waals surface area contributed by atoms with E-state index in [-0.39, 0.29) is 23.8 Å². The van der Waals surface area contributed by atoms with Crippen molar-refractivity contribution in [2.45, 2.75) is 31.9 Å². The highest BCUT2D eigenvalue weighted by molar-refractivity contribution is 5.93. The summed E-state index contributed by atoms with van der Waals surface area (Å²) >= 11 is 0. The Labute approximate surface area is 141 Å². The molecule has 2 saturated heterocycles. The molecule has 3 atom stereocenters. The number of benzene rings is 1. The third-order valence-corrected chi connectivity index (χ3v) is 4.48. The summed E-state index contributed by atoms with van der Waals surface area (Å²) in [4.78, 5) is 46.6. The van der Waals surface area contributed by atoms with Crippen LogP contribution in [0.15, 0.2) is 18.2 Å². The minimum Gasteiger partial charge on any atom is -0.450 e. The van der Waals surface area contributed by atoms with E-state index in [9.17, 15) is 29.8 Å². The number of non-ortho nitro benzene ring substituents is 1. The van der Waals surface area contributed by atoms with Crippen LogP contribution in [0, 0.1) is 26.1 Å². The van der Waals surface area contributed by atoms with Gasteiger partial charge in [0.25, 0.3) is 17.3 Å². The Bertz CT molecular complexity index is 778. The van der Waals surface area contributed by atoms with Crippen LogP contribution in [0.5, 0.6) is 0 Å². The minimum absolute atomic E-state index is 0.104. The molecule has 10 nitrogen and oxygen atoms in total. The van der Waals surface area contributed by atoms with E-state index in [1.807, 2.05) is 6.92 Å². The average molecular weight is 349 g/mol. The fraction of sp³-hybridized carbons (Fsp3) is 0.467. The summed E-state index contributed by atoms with van der Waals surface area (Å²) in [6.07, 6.45) is -0.819. The zero-order valence-electron chi connectivity index (χ0n) is 13.3. The normalized spacial score (nSPS) is 25.5. The standard InChI is InChI=1S/C15H15N3O7/c1-8-4-12-15(20)25-13(14(19)16(12)7-8)5-9-2-3-10(17(21)22)6-11(9)18(23)24/h2-3,6,8,12-13H,4-5,7H2,1H3. The zero-order chi connectivity index (χ0) is 18.3. The van der Waals surface area contributed by atoms with Crippen molar-refractivity contribution in [3.63, 3.8) is 0 Å². The molecule has 0 saturated carbocycles. The van der Waals surface area contributed by atoms with E-state index in [1.54, 1.807) is 0 Å². The van der Waals surface area contributed by atoms with Crippen molar-refractivity contribution in [1.29, 1.82) is 0 Å². The number of hydrogen-bond acceptors (Lipinski definition) is 7. The van der Waals surface area contributed by atoms with Gasteiger partial charge in [0.15, 0.2) is 6.10 Å². The summed E-state index contributed by atoms with van der Waals surface area (Å²) in [5, 5.41) is 22.0. The second-order valence-electron chi connectivity index (χ2n) is 6.30. The fourth-order valence-corrected chi connectivity index (χ4v) is 3.30. The van der Waals surface area contributed by atoms with Gasteiger partial charge >= 0.3 is 5.97 Å². The first-order valence-corrected chi connectivity index (χ1v) is 7.70. The monoisotopic (exact) mass is 349 g/mol. The number of nitro groups is 2. The van der Waals surface area contributed by atoms with Gasteiger partial charge in [0.05, 0.1) is 15.9 Å². The maximum atomic E-state index is 12.5. The van der Waals surface area contributed by atoms with E-state index in [4.69, 9.17) is 4.74 Å². The number of rotatable bonds is 4. The predicted octanol–water partition coefficient (Wildman–Crippen LogP) is 1.21. The SMILES string of the molecule is CC1CC2C(=O)OC(Cc3ccc([N+](=O)[O-])cc3[N+](=O)[O-])C(=O)N2C1. The van der Waals surface area contributed by atoms with Crippen LogP contribution in [-0.4, -0.2) is 45.3 Å². The van der Waals surface area contributed by atoms with Gasteiger partial charge in [-0.25, -0.2) is 4.79 Å². The van der Waals surface area contributed by atoms with Gasteiger partial charge in [-0.3, -0.25) is 25.0 Å². The molecule has 10 heteroatoms. The molecule has 2 aliphatic heterocycles. The van der Waals surface area contributed by atoms with Gasteiger partial charge in [-0.2, -0.15) is 0 Å². The zero-order valence-corrected chi connectivity index (χ0v) is 13.3. The minimum atomic E-state index is -1.16. The Morgan fingerprint density at radius 1 is 1.24 bits per heavy atom. The molecular weight excluding hydrogens is 334 g/mol. The summed E-state index contributed by atoms with van der Waals surface area (Å²) in [5.74, 6) is -0.728. The Hall–Kier alpha value is -3.04. The average Bonchev–Trinajstić information content (AvgIpc) is 2.95. The number of hydrogen-bond donors (Lipinski definition) is 0. The molecule has 0 radical (unpaired) electrons. The predicted molar refractivity (Wildman–Crippen MR) is 82.6 cm³/mol. The lowest BCUT2D eigenvalue weighted by Crippen LogP contribution is -2.54. The smallest absolute Gasteiger partial charge is 0.329 e. The molecule has 2 aliphatic rings. The number of nitrogens with zero attached hydrogens (tertiary/aromatic N) is 3. The quantitative estimate of drug-likeness (QED) is 0.453. The lowest BCUT2D eigenvalue weighted by Gasteiger charge is -2.33. The molecule has 0 spiro atoms. The van der Waals surface area contributed by atoms with E-state index < -0.39 is 39.3 Å². The summed E-state index contributed by atoms with van der Waals surface area (Å²) < 4.78 is 5.19. The topological polar surface area (TPSA) is 133 Å². The molecule has 3 rings (SSSR count). The van der Waals surface area contributed by atoms with Crippen LogP contribution in [0.3, 0.4) is 0 Å².